The van der Waals surface area contributed by atoms with Crippen LogP contribution in [-0.2, 0) is 6.54 Å². The van der Waals surface area contributed by atoms with Crippen LogP contribution in [0.15, 0.2) is 29.6 Å². The summed E-state index contributed by atoms with van der Waals surface area (Å²) in [7, 11) is 0. The van der Waals surface area contributed by atoms with E-state index in [0.717, 1.165) is 37.9 Å². The van der Waals surface area contributed by atoms with Crippen LogP contribution in [0.5, 0.6) is 0 Å². The molecule has 2 aromatic heterocycles. The quantitative estimate of drug-likeness (QED) is 0.819. The molecule has 2 fully saturated rings. The summed E-state index contributed by atoms with van der Waals surface area (Å²) in [6.07, 6.45) is 6.65. The van der Waals surface area contributed by atoms with Gasteiger partial charge in [-0.05, 0) is 43.1 Å². The Morgan fingerprint density at radius 1 is 1.08 bits per heavy atom. The van der Waals surface area contributed by atoms with E-state index < -0.39 is 17.7 Å². The minimum Gasteiger partial charge on any atom is -0.341 e. The molecular formula is C18H21F2N5O. The molecule has 1 saturated carbocycles. The summed E-state index contributed by atoms with van der Waals surface area (Å²) in [6.45, 7) is 2.15. The lowest BCUT2D eigenvalue weighted by atomic mass is 9.97. The predicted molar refractivity (Wildman–Crippen MR) is 92.4 cm³/mol. The molecule has 6 nitrogen and oxygen atoms in total. The Morgan fingerprint density at radius 3 is 2.35 bits per heavy atom. The number of rotatable bonds is 5. The van der Waals surface area contributed by atoms with Gasteiger partial charge in [-0.3, -0.25) is 9.36 Å². The molecule has 1 aliphatic heterocycles. The molecule has 2 aromatic rings. The Labute approximate surface area is 149 Å². The Balaban J connectivity index is 1.34. The van der Waals surface area contributed by atoms with Gasteiger partial charge >= 0.3 is 0 Å². The zero-order chi connectivity index (χ0) is 18.1. The Kier molecular flexibility index (Phi) is 4.65. The second kappa shape index (κ2) is 7.09. The summed E-state index contributed by atoms with van der Waals surface area (Å²) >= 11 is 0. The van der Waals surface area contributed by atoms with E-state index in [9.17, 15) is 13.6 Å². The summed E-state index contributed by atoms with van der Waals surface area (Å²) < 4.78 is 26.6. The first kappa shape index (κ1) is 17.1. The van der Waals surface area contributed by atoms with Crippen LogP contribution in [0, 0.1) is 5.92 Å². The van der Waals surface area contributed by atoms with Crippen LogP contribution in [0.1, 0.15) is 49.3 Å². The van der Waals surface area contributed by atoms with Crippen molar-refractivity contribution in [2.24, 2.45) is 5.92 Å². The van der Waals surface area contributed by atoms with Crippen molar-refractivity contribution >= 4 is 5.95 Å². The predicted octanol–water partition coefficient (Wildman–Crippen LogP) is 2.76. The maximum absolute atomic E-state index is 12.6. The monoisotopic (exact) mass is 361 g/mol. The number of aromatic nitrogens is 4. The summed E-state index contributed by atoms with van der Waals surface area (Å²) in [5.41, 5.74) is 0.340. The van der Waals surface area contributed by atoms with Crippen molar-refractivity contribution in [3.63, 3.8) is 0 Å². The van der Waals surface area contributed by atoms with Gasteiger partial charge in [0.25, 0.3) is 12.0 Å². The van der Waals surface area contributed by atoms with Crippen molar-refractivity contribution in [1.82, 2.24) is 19.5 Å². The Hall–Kier alpha value is -2.38. The third kappa shape index (κ3) is 3.73. The molecule has 1 aliphatic carbocycles. The van der Waals surface area contributed by atoms with Gasteiger partial charge in [0.1, 0.15) is 5.69 Å². The molecule has 0 N–H and O–H groups in total. The van der Waals surface area contributed by atoms with E-state index in [1.165, 1.54) is 29.3 Å². The summed E-state index contributed by atoms with van der Waals surface area (Å²) in [5.74, 6) is 1.72. The second-order valence-corrected chi connectivity index (χ2v) is 7.13. The lowest BCUT2D eigenvalue weighted by molar-refractivity contribution is 0.145. The standard InChI is InChI=1S/C18H21F2N5O/c19-17(20)15-7-16(26)25(11-23-15)10-12-3-5-24(6-4-12)18-21-8-14(9-22-18)13-1-2-13/h7-9,11-13,17H,1-6,10H2. The Morgan fingerprint density at radius 2 is 1.77 bits per heavy atom. The van der Waals surface area contributed by atoms with Crippen molar-refractivity contribution in [3.8, 4) is 0 Å². The molecule has 0 aromatic carbocycles. The van der Waals surface area contributed by atoms with Gasteiger partial charge in [0.2, 0.25) is 5.95 Å². The molecule has 0 radical (unpaired) electrons. The van der Waals surface area contributed by atoms with Crippen LogP contribution >= 0.6 is 0 Å². The summed E-state index contributed by atoms with van der Waals surface area (Å²) in [6, 6.07) is 0.926. The molecule has 4 rings (SSSR count). The van der Waals surface area contributed by atoms with Gasteiger partial charge in [0.15, 0.2) is 0 Å². The van der Waals surface area contributed by atoms with E-state index in [-0.39, 0.29) is 0 Å². The van der Waals surface area contributed by atoms with E-state index >= 15 is 0 Å². The average molecular weight is 361 g/mol. The van der Waals surface area contributed by atoms with Crippen molar-refractivity contribution in [1.29, 1.82) is 0 Å². The van der Waals surface area contributed by atoms with Crippen LogP contribution in [0.3, 0.4) is 0 Å². The fourth-order valence-electron chi connectivity index (χ4n) is 3.41. The third-order valence-electron chi connectivity index (χ3n) is 5.18. The average Bonchev–Trinajstić information content (AvgIpc) is 3.49. The lowest BCUT2D eigenvalue weighted by Gasteiger charge is -2.32. The first-order valence-electron chi connectivity index (χ1n) is 9.01. The molecule has 138 valence electrons. The van der Waals surface area contributed by atoms with Gasteiger partial charge in [-0.25, -0.2) is 23.7 Å². The molecule has 2 aliphatic rings. The summed E-state index contributed by atoms with van der Waals surface area (Å²) in [4.78, 5) is 26.8. The van der Waals surface area contributed by atoms with E-state index in [4.69, 9.17) is 0 Å². The molecule has 0 spiro atoms. The van der Waals surface area contributed by atoms with Crippen molar-refractivity contribution in [2.45, 2.75) is 44.6 Å². The molecule has 8 heteroatoms. The fourth-order valence-corrected chi connectivity index (χ4v) is 3.41. The minimum atomic E-state index is -2.72. The second-order valence-electron chi connectivity index (χ2n) is 7.13. The van der Waals surface area contributed by atoms with E-state index in [0.29, 0.717) is 18.4 Å². The zero-order valence-electron chi connectivity index (χ0n) is 14.4. The third-order valence-corrected chi connectivity index (χ3v) is 5.18. The fraction of sp³-hybridized carbons (Fsp3) is 0.556. The lowest BCUT2D eigenvalue weighted by Crippen LogP contribution is -2.37. The Bertz CT molecular complexity index is 811. The number of alkyl halides is 2. The highest BCUT2D eigenvalue weighted by molar-refractivity contribution is 5.32. The number of anilines is 1. The van der Waals surface area contributed by atoms with Crippen LogP contribution in [-0.4, -0.2) is 32.6 Å². The smallest absolute Gasteiger partial charge is 0.280 e. The van der Waals surface area contributed by atoms with Crippen LogP contribution in [0.25, 0.3) is 0 Å². The molecule has 0 atom stereocenters. The number of halogens is 2. The number of piperidine rings is 1. The van der Waals surface area contributed by atoms with E-state index in [1.54, 1.807) is 0 Å². The van der Waals surface area contributed by atoms with E-state index in [2.05, 4.69) is 19.9 Å². The molecule has 0 unspecified atom stereocenters. The van der Waals surface area contributed by atoms with Gasteiger partial charge in [-0.15, -0.1) is 0 Å². The zero-order valence-corrected chi connectivity index (χ0v) is 14.4. The van der Waals surface area contributed by atoms with Crippen LogP contribution in [0.2, 0.25) is 0 Å². The van der Waals surface area contributed by atoms with Crippen molar-refractivity contribution in [3.05, 3.63) is 46.4 Å². The largest absolute Gasteiger partial charge is 0.341 e. The van der Waals surface area contributed by atoms with Gasteiger partial charge in [-0.1, -0.05) is 0 Å². The minimum absolute atomic E-state index is 0.314. The maximum Gasteiger partial charge on any atom is 0.280 e. The highest BCUT2D eigenvalue weighted by atomic mass is 19.3. The number of hydrogen-bond acceptors (Lipinski definition) is 5. The van der Waals surface area contributed by atoms with Gasteiger partial charge in [0.05, 0.1) is 6.33 Å². The van der Waals surface area contributed by atoms with Crippen molar-refractivity contribution < 1.29 is 8.78 Å². The highest BCUT2D eigenvalue weighted by Gasteiger charge is 2.25. The molecule has 1 saturated heterocycles. The number of nitrogens with zero attached hydrogens (tertiary/aromatic N) is 5. The molecule has 0 amide bonds. The first-order valence-corrected chi connectivity index (χ1v) is 9.01. The highest BCUT2D eigenvalue weighted by Crippen LogP contribution is 2.39. The molecular weight excluding hydrogens is 340 g/mol. The van der Waals surface area contributed by atoms with Crippen LogP contribution in [0.4, 0.5) is 14.7 Å². The molecule has 26 heavy (non-hydrogen) atoms. The van der Waals surface area contributed by atoms with Gasteiger partial charge in [-0.2, -0.15) is 0 Å². The first-order chi connectivity index (χ1) is 12.6. The topological polar surface area (TPSA) is 63.9 Å². The molecule has 3 heterocycles. The van der Waals surface area contributed by atoms with Gasteiger partial charge < -0.3 is 4.90 Å². The summed E-state index contributed by atoms with van der Waals surface area (Å²) in [5, 5.41) is 0. The van der Waals surface area contributed by atoms with Gasteiger partial charge in [0, 0.05) is 38.1 Å². The maximum atomic E-state index is 12.6. The van der Waals surface area contributed by atoms with Crippen LogP contribution < -0.4 is 10.5 Å². The normalized spacial score (nSPS) is 18.5. The van der Waals surface area contributed by atoms with Crippen molar-refractivity contribution in [2.75, 3.05) is 18.0 Å². The number of hydrogen-bond donors (Lipinski definition) is 0. The molecule has 0 bridgehead atoms. The van der Waals surface area contributed by atoms with E-state index in [1.807, 2.05) is 12.4 Å². The SMILES string of the molecule is O=c1cc(C(F)F)ncn1CC1CCN(c2ncc(C3CC3)cn2)CC1.